The summed E-state index contributed by atoms with van der Waals surface area (Å²) in [5.41, 5.74) is 6.43. The van der Waals surface area contributed by atoms with Gasteiger partial charge in [-0.2, -0.15) is 0 Å². The molecule has 1 amide bonds. The Kier molecular flexibility index (Phi) is 5.01. The highest BCUT2D eigenvalue weighted by Gasteiger charge is 2.15. The number of ether oxygens (including phenoxy) is 1. The lowest BCUT2D eigenvalue weighted by atomic mass is 10.2. The topological polar surface area (TPSA) is 68.7 Å². The third-order valence-corrected chi connectivity index (χ3v) is 2.42. The fraction of sp³-hybridized carbons (Fsp3) is 0.545. The van der Waals surface area contributed by atoms with E-state index in [4.69, 9.17) is 14.9 Å². The second-order valence-corrected chi connectivity index (χ2v) is 3.68. The molecule has 1 heterocycles. The highest BCUT2D eigenvalue weighted by atomic mass is 16.5. The Morgan fingerprint density at radius 3 is 2.94 bits per heavy atom. The fourth-order valence-corrected chi connectivity index (χ4v) is 1.36. The zero-order valence-electron chi connectivity index (χ0n) is 9.68. The number of furan rings is 1. The summed E-state index contributed by atoms with van der Waals surface area (Å²) in [6.07, 6.45) is 3.31. The van der Waals surface area contributed by atoms with Crippen molar-refractivity contribution in [1.29, 1.82) is 0 Å². The lowest BCUT2D eigenvalue weighted by Crippen LogP contribution is -2.33. The molecule has 5 heteroatoms. The van der Waals surface area contributed by atoms with Crippen molar-refractivity contribution in [2.24, 2.45) is 5.73 Å². The quantitative estimate of drug-likeness (QED) is 0.771. The number of amides is 1. The van der Waals surface area contributed by atoms with Gasteiger partial charge in [-0.25, -0.2) is 0 Å². The molecule has 1 unspecified atom stereocenters. The zero-order chi connectivity index (χ0) is 12.0. The summed E-state index contributed by atoms with van der Waals surface area (Å²) in [7, 11) is 3.31. The van der Waals surface area contributed by atoms with Crippen molar-refractivity contribution in [3.63, 3.8) is 0 Å². The highest BCUT2D eigenvalue weighted by Crippen LogP contribution is 2.06. The first-order valence-electron chi connectivity index (χ1n) is 5.15. The number of rotatable bonds is 6. The summed E-state index contributed by atoms with van der Waals surface area (Å²) in [5.74, 6) is 0.0125. The van der Waals surface area contributed by atoms with E-state index in [1.165, 1.54) is 0 Å². The summed E-state index contributed by atoms with van der Waals surface area (Å²) in [6.45, 7) is 0.887. The van der Waals surface area contributed by atoms with Gasteiger partial charge in [-0.1, -0.05) is 0 Å². The lowest BCUT2D eigenvalue weighted by molar-refractivity contribution is -0.132. The van der Waals surface area contributed by atoms with Crippen LogP contribution in [-0.4, -0.2) is 37.6 Å². The van der Waals surface area contributed by atoms with E-state index in [0.29, 0.717) is 19.5 Å². The van der Waals surface area contributed by atoms with Gasteiger partial charge in [0.25, 0.3) is 0 Å². The van der Waals surface area contributed by atoms with Crippen LogP contribution in [0, 0.1) is 0 Å². The van der Waals surface area contributed by atoms with Gasteiger partial charge in [-0.3, -0.25) is 4.79 Å². The molecule has 0 spiro atoms. The van der Waals surface area contributed by atoms with Gasteiger partial charge in [-0.05, 0) is 6.07 Å². The average Bonchev–Trinajstić information content (AvgIpc) is 2.78. The summed E-state index contributed by atoms with van der Waals surface area (Å²) in [5, 5.41) is 0. The first kappa shape index (κ1) is 12.7. The predicted octanol–water partition coefficient (Wildman–Crippen LogP) is 0.602. The molecule has 0 aliphatic rings. The molecule has 0 radical (unpaired) electrons. The maximum atomic E-state index is 11.8. The highest BCUT2D eigenvalue weighted by molar-refractivity contribution is 5.76. The van der Waals surface area contributed by atoms with Crippen LogP contribution in [0.25, 0.3) is 0 Å². The zero-order valence-corrected chi connectivity index (χ0v) is 9.68. The molecule has 1 atom stereocenters. The molecule has 16 heavy (non-hydrogen) atoms. The number of methoxy groups -OCH3 is 1. The minimum absolute atomic E-state index is 0.0125. The molecule has 0 saturated heterocycles. The van der Waals surface area contributed by atoms with Crippen LogP contribution < -0.4 is 5.73 Å². The fourth-order valence-electron chi connectivity index (χ4n) is 1.36. The molecule has 0 aromatic carbocycles. The first-order chi connectivity index (χ1) is 7.67. The van der Waals surface area contributed by atoms with Crippen LogP contribution >= 0.6 is 0 Å². The Hall–Kier alpha value is -1.33. The predicted molar refractivity (Wildman–Crippen MR) is 59.7 cm³/mol. The molecule has 1 rings (SSSR count). The summed E-state index contributed by atoms with van der Waals surface area (Å²) < 4.78 is 10.0. The number of carbonyl (C=O) groups excluding carboxylic acids is 1. The van der Waals surface area contributed by atoms with Crippen LogP contribution in [0.3, 0.4) is 0 Å². The molecule has 0 aliphatic heterocycles. The molecular weight excluding hydrogens is 208 g/mol. The standard InChI is InChI=1S/C11H18N2O3/c1-13(7-9-3-4-16-8-9)11(14)5-10(6-12)15-2/h3-4,8,10H,5-7,12H2,1-2H3. The SMILES string of the molecule is COC(CN)CC(=O)N(C)Cc1ccoc1. The van der Waals surface area contributed by atoms with Crippen LogP contribution in [-0.2, 0) is 16.1 Å². The van der Waals surface area contributed by atoms with E-state index in [0.717, 1.165) is 5.56 Å². The van der Waals surface area contributed by atoms with Gasteiger partial charge in [-0.15, -0.1) is 0 Å². The van der Waals surface area contributed by atoms with E-state index in [-0.39, 0.29) is 12.0 Å². The molecule has 0 saturated carbocycles. The van der Waals surface area contributed by atoms with Crippen molar-refractivity contribution < 1.29 is 13.9 Å². The van der Waals surface area contributed by atoms with Gasteiger partial charge in [0.2, 0.25) is 5.91 Å². The number of carbonyl (C=O) groups is 1. The Labute approximate surface area is 95.2 Å². The van der Waals surface area contributed by atoms with Crippen molar-refractivity contribution in [3.05, 3.63) is 24.2 Å². The van der Waals surface area contributed by atoms with Gasteiger partial charge in [0.15, 0.2) is 0 Å². The van der Waals surface area contributed by atoms with E-state index in [2.05, 4.69) is 0 Å². The van der Waals surface area contributed by atoms with Gasteiger partial charge < -0.3 is 19.8 Å². The molecule has 2 N–H and O–H groups in total. The molecule has 0 fully saturated rings. The van der Waals surface area contributed by atoms with Crippen molar-refractivity contribution >= 4 is 5.91 Å². The second kappa shape index (κ2) is 6.30. The summed E-state index contributed by atoms with van der Waals surface area (Å²) in [6, 6.07) is 1.83. The lowest BCUT2D eigenvalue weighted by Gasteiger charge is -2.19. The largest absolute Gasteiger partial charge is 0.472 e. The molecule has 1 aromatic rings. The Bertz CT molecular complexity index is 307. The molecule has 5 nitrogen and oxygen atoms in total. The number of hydrogen-bond donors (Lipinski definition) is 1. The van der Waals surface area contributed by atoms with E-state index in [9.17, 15) is 4.79 Å². The van der Waals surface area contributed by atoms with Crippen molar-refractivity contribution in [3.8, 4) is 0 Å². The van der Waals surface area contributed by atoms with E-state index in [1.54, 1.807) is 31.6 Å². The van der Waals surface area contributed by atoms with Crippen molar-refractivity contribution in [2.45, 2.75) is 19.1 Å². The normalized spacial score (nSPS) is 12.4. The average molecular weight is 226 g/mol. The molecule has 0 aliphatic carbocycles. The van der Waals surface area contributed by atoms with Crippen molar-refractivity contribution in [2.75, 3.05) is 20.7 Å². The maximum Gasteiger partial charge on any atom is 0.225 e. The van der Waals surface area contributed by atoms with Crippen molar-refractivity contribution in [1.82, 2.24) is 4.90 Å². The third kappa shape index (κ3) is 3.67. The molecular formula is C11H18N2O3. The Balaban J connectivity index is 2.41. The first-order valence-corrected chi connectivity index (χ1v) is 5.15. The van der Waals surface area contributed by atoms with E-state index in [1.807, 2.05) is 6.07 Å². The van der Waals surface area contributed by atoms with Gasteiger partial charge in [0, 0.05) is 32.8 Å². The monoisotopic (exact) mass is 226 g/mol. The number of hydrogen-bond acceptors (Lipinski definition) is 4. The minimum atomic E-state index is -0.209. The Morgan fingerprint density at radius 1 is 1.69 bits per heavy atom. The molecule has 90 valence electrons. The van der Waals surface area contributed by atoms with Gasteiger partial charge in [0.05, 0.1) is 25.1 Å². The van der Waals surface area contributed by atoms with Crippen LogP contribution in [0.5, 0.6) is 0 Å². The van der Waals surface area contributed by atoms with Crippen LogP contribution in [0.2, 0.25) is 0 Å². The molecule has 1 aromatic heterocycles. The van der Waals surface area contributed by atoms with E-state index < -0.39 is 0 Å². The number of nitrogens with zero attached hydrogens (tertiary/aromatic N) is 1. The van der Waals surface area contributed by atoms with E-state index >= 15 is 0 Å². The van der Waals surface area contributed by atoms with Gasteiger partial charge in [0.1, 0.15) is 0 Å². The third-order valence-electron chi connectivity index (χ3n) is 2.42. The van der Waals surface area contributed by atoms with Crippen LogP contribution in [0.1, 0.15) is 12.0 Å². The summed E-state index contributed by atoms with van der Waals surface area (Å²) >= 11 is 0. The van der Waals surface area contributed by atoms with Gasteiger partial charge >= 0.3 is 0 Å². The smallest absolute Gasteiger partial charge is 0.225 e. The Morgan fingerprint density at radius 2 is 2.44 bits per heavy atom. The number of nitrogens with two attached hydrogens (primary N) is 1. The second-order valence-electron chi connectivity index (χ2n) is 3.68. The molecule has 0 bridgehead atoms. The maximum absolute atomic E-state index is 11.8. The van der Waals surface area contributed by atoms with Crippen LogP contribution in [0.15, 0.2) is 23.0 Å². The summed E-state index contributed by atoms with van der Waals surface area (Å²) in [4.78, 5) is 13.4. The van der Waals surface area contributed by atoms with Crippen LogP contribution in [0.4, 0.5) is 0 Å². The minimum Gasteiger partial charge on any atom is -0.472 e.